The fourth-order valence-corrected chi connectivity index (χ4v) is 6.20. The summed E-state index contributed by atoms with van der Waals surface area (Å²) in [7, 11) is -3.50. The minimum absolute atomic E-state index is 0.181. The second-order valence-electron chi connectivity index (χ2n) is 7.68. The molecular weight excluding hydrogens is 420 g/mol. The number of nitrogens with zero attached hydrogens (tertiary/aromatic N) is 6. The fourth-order valence-electron chi connectivity index (χ4n) is 3.14. The van der Waals surface area contributed by atoms with Crippen molar-refractivity contribution in [2.75, 3.05) is 31.1 Å². The second kappa shape index (κ2) is 6.94. The molecule has 1 aliphatic heterocycles. The molecule has 3 aromatic rings. The first-order valence-electron chi connectivity index (χ1n) is 8.90. The van der Waals surface area contributed by atoms with Crippen molar-refractivity contribution >= 4 is 44.4 Å². The maximum Gasteiger partial charge on any atom is 0.252 e. The van der Waals surface area contributed by atoms with E-state index in [0.29, 0.717) is 36.2 Å². The number of piperazine rings is 1. The van der Waals surface area contributed by atoms with Crippen LogP contribution in [-0.4, -0.2) is 58.7 Å². The Bertz CT molecular complexity index is 1110. The average Bonchev–Trinajstić information content (AvgIpc) is 3.27. The highest BCUT2D eigenvalue weighted by Crippen LogP contribution is 2.29. The number of hydrogen-bond acceptors (Lipinski definition) is 7. The van der Waals surface area contributed by atoms with Crippen LogP contribution in [0.3, 0.4) is 0 Å². The Balaban J connectivity index is 1.54. The molecule has 0 aromatic carbocycles. The Morgan fingerprint density at radius 1 is 1.04 bits per heavy atom. The van der Waals surface area contributed by atoms with Crippen molar-refractivity contribution in [1.29, 1.82) is 0 Å². The van der Waals surface area contributed by atoms with Crippen molar-refractivity contribution in [3.63, 3.8) is 0 Å². The largest absolute Gasteiger partial charge is 0.353 e. The van der Waals surface area contributed by atoms with Gasteiger partial charge in [-0.05, 0) is 24.3 Å². The predicted octanol–water partition coefficient (Wildman–Crippen LogP) is 2.65. The molecule has 4 rings (SSSR count). The van der Waals surface area contributed by atoms with Gasteiger partial charge in [-0.1, -0.05) is 32.4 Å². The van der Waals surface area contributed by atoms with Gasteiger partial charge >= 0.3 is 0 Å². The maximum absolute atomic E-state index is 12.8. The number of hydrogen-bond donors (Lipinski definition) is 0. The van der Waals surface area contributed by atoms with Crippen LogP contribution in [0.15, 0.2) is 28.5 Å². The molecule has 8 nitrogen and oxygen atoms in total. The lowest BCUT2D eigenvalue weighted by atomic mass is 9.96. The van der Waals surface area contributed by atoms with Crippen molar-refractivity contribution in [1.82, 2.24) is 24.1 Å². The smallest absolute Gasteiger partial charge is 0.252 e. The Labute approximate surface area is 172 Å². The molecule has 0 atom stereocenters. The third kappa shape index (κ3) is 3.49. The molecule has 0 aliphatic carbocycles. The summed E-state index contributed by atoms with van der Waals surface area (Å²) in [6.07, 6.45) is 0. The first kappa shape index (κ1) is 19.6. The Morgan fingerprint density at radius 2 is 1.75 bits per heavy atom. The Morgan fingerprint density at radius 3 is 2.36 bits per heavy atom. The van der Waals surface area contributed by atoms with Gasteiger partial charge in [-0.25, -0.2) is 8.42 Å². The van der Waals surface area contributed by atoms with E-state index in [4.69, 9.17) is 16.7 Å². The molecule has 0 amide bonds. The number of aromatic nitrogens is 4. The minimum Gasteiger partial charge on any atom is -0.353 e. The van der Waals surface area contributed by atoms with Crippen LogP contribution < -0.4 is 4.90 Å². The van der Waals surface area contributed by atoms with Crippen LogP contribution in [0.4, 0.5) is 5.82 Å². The quantitative estimate of drug-likeness (QED) is 0.622. The van der Waals surface area contributed by atoms with Gasteiger partial charge in [-0.2, -0.15) is 8.82 Å². The zero-order chi connectivity index (χ0) is 20.1. The average molecular weight is 441 g/mol. The summed E-state index contributed by atoms with van der Waals surface area (Å²) in [4.78, 5) is 2.08. The maximum atomic E-state index is 12.8. The van der Waals surface area contributed by atoms with Crippen molar-refractivity contribution in [2.24, 2.45) is 0 Å². The lowest BCUT2D eigenvalue weighted by Crippen LogP contribution is -2.48. The molecule has 3 aromatic heterocycles. The number of anilines is 1. The molecule has 0 bridgehead atoms. The van der Waals surface area contributed by atoms with Crippen LogP contribution in [0, 0.1) is 0 Å². The van der Waals surface area contributed by atoms with E-state index in [0.717, 1.165) is 23.0 Å². The second-order valence-corrected chi connectivity index (χ2v) is 11.6. The van der Waals surface area contributed by atoms with Gasteiger partial charge in [0.1, 0.15) is 10.0 Å². The van der Waals surface area contributed by atoms with Gasteiger partial charge in [0, 0.05) is 31.6 Å². The first-order chi connectivity index (χ1) is 13.2. The summed E-state index contributed by atoms with van der Waals surface area (Å²) in [5.74, 6) is 1.58. The normalized spacial score (nSPS) is 16.8. The molecule has 4 heterocycles. The van der Waals surface area contributed by atoms with Gasteiger partial charge in [-0.15, -0.1) is 26.6 Å². The van der Waals surface area contributed by atoms with Crippen molar-refractivity contribution in [3.05, 3.63) is 34.4 Å². The van der Waals surface area contributed by atoms with E-state index in [9.17, 15) is 8.42 Å². The summed E-state index contributed by atoms with van der Waals surface area (Å²) in [5.41, 5.74) is 0.518. The van der Waals surface area contributed by atoms with E-state index in [-0.39, 0.29) is 9.62 Å². The van der Waals surface area contributed by atoms with Crippen LogP contribution in [0.1, 0.15) is 26.6 Å². The highest BCUT2D eigenvalue weighted by atomic mass is 35.5. The summed E-state index contributed by atoms with van der Waals surface area (Å²) in [6.45, 7) is 8.11. The zero-order valence-electron chi connectivity index (χ0n) is 15.8. The lowest BCUT2D eigenvalue weighted by molar-refractivity contribution is 0.384. The highest BCUT2D eigenvalue weighted by Gasteiger charge is 2.30. The number of fused-ring (bicyclic) bond motifs is 1. The van der Waals surface area contributed by atoms with E-state index in [2.05, 4.69) is 35.9 Å². The molecule has 1 saturated heterocycles. The van der Waals surface area contributed by atoms with Gasteiger partial charge in [-0.3, -0.25) is 0 Å². The molecule has 0 N–H and O–H groups in total. The number of thiophene rings is 1. The molecule has 150 valence electrons. The zero-order valence-corrected chi connectivity index (χ0v) is 18.2. The third-order valence-corrected chi connectivity index (χ3v) is 8.22. The Hall–Kier alpha value is -1.75. The van der Waals surface area contributed by atoms with Gasteiger partial charge < -0.3 is 4.90 Å². The SMILES string of the molecule is CC(C)(C)c1nnc2ccc(N3CCN(S(=O)(=O)c4ccc(Cl)s4)CC3)nn12. The third-order valence-electron chi connectivity index (χ3n) is 4.62. The first-order valence-corrected chi connectivity index (χ1v) is 11.5. The summed E-state index contributed by atoms with van der Waals surface area (Å²) >= 11 is 6.98. The van der Waals surface area contributed by atoms with Crippen LogP contribution in [0.5, 0.6) is 0 Å². The van der Waals surface area contributed by atoms with E-state index >= 15 is 0 Å². The van der Waals surface area contributed by atoms with Crippen molar-refractivity contribution in [2.45, 2.75) is 30.4 Å². The topological polar surface area (TPSA) is 83.7 Å². The molecule has 0 unspecified atom stereocenters. The molecule has 0 saturated carbocycles. The molecule has 11 heteroatoms. The van der Waals surface area contributed by atoms with Gasteiger partial charge in [0.15, 0.2) is 11.5 Å². The van der Waals surface area contributed by atoms with E-state index < -0.39 is 10.0 Å². The number of sulfonamides is 1. The Kier molecular flexibility index (Phi) is 4.85. The molecular formula is C17H21ClN6O2S2. The minimum atomic E-state index is -3.50. The number of rotatable bonds is 3. The summed E-state index contributed by atoms with van der Waals surface area (Å²) < 4.78 is 29.5. The molecule has 0 radical (unpaired) electrons. The molecule has 0 spiro atoms. The van der Waals surface area contributed by atoms with Crippen molar-refractivity contribution < 1.29 is 8.42 Å². The van der Waals surface area contributed by atoms with Gasteiger partial charge in [0.25, 0.3) is 10.0 Å². The van der Waals surface area contributed by atoms with E-state index in [1.54, 1.807) is 16.6 Å². The van der Waals surface area contributed by atoms with Crippen LogP contribution in [-0.2, 0) is 15.4 Å². The molecule has 28 heavy (non-hydrogen) atoms. The predicted molar refractivity (Wildman–Crippen MR) is 110 cm³/mol. The highest BCUT2D eigenvalue weighted by molar-refractivity contribution is 7.91. The van der Waals surface area contributed by atoms with E-state index in [1.165, 1.54) is 4.31 Å². The standard InChI is InChI=1S/C17H21ClN6O2S2/c1-17(2,3)16-20-19-13-5-6-14(21-24(13)16)22-8-10-23(11-9-22)28(25,26)15-7-4-12(18)27-15/h4-7H,8-11H2,1-3H3. The van der Waals surface area contributed by atoms with Crippen LogP contribution in [0.2, 0.25) is 4.34 Å². The fraction of sp³-hybridized carbons (Fsp3) is 0.471. The van der Waals surface area contributed by atoms with Gasteiger partial charge in [0.2, 0.25) is 0 Å². The lowest BCUT2D eigenvalue weighted by Gasteiger charge is -2.34. The summed E-state index contributed by atoms with van der Waals surface area (Å²) in [5, 5.41) is 13.2. The van der Waals surface area contributed by atoms with Gasteiger partial charge in [0.05, 0.1) is 4.34 Å². The van der Waals surface area contributed by atoms with Crippen molar-refractivity contribution in [3.8, 4) is 0 Å². The van der Waals surface area contributed by atoms with E-state index in [1.807, 2.05) is 12.1 Å². The molecule has 1 fully saturated rings. The number of halogens is 1. The van der Waals surface area contributed by atoms with Crippen LogP contribution in [0.25, 0.3) is 5.65 Å². The summed E-state index contributed by atoms with van der Waals surface area (Å²) in [6, 6.07) is 6.96. The van der Waals surface area contributed by atoms with Crippen LogP contribution >= 0.6 is 22.9 Å². The monoisotopic (exact) mass is 440 g/mol. The molecule has 1 aliphatic rings.